The minimum Gasteiger partial charge on any atom is -0.465 e. The molecule has 0 unspecified atom stereocenters. The standard InChI is InChI=1S/C55H99NO13/c1-7-11-15-19-23-27-49(57)65-39-45(40-66-50(58)28-24-20-16-12-8-2)31-37-62-47-43-64-48(44-69-54(61)55(5)33-35-56(6)36-34-55)53(47)63-38-32-46(41-67-51(59)29-25-21-17-13-9-3)42-68-52(60)30-26-22-18-14-10-4/h45-48,53H,7-44H2,1-6H3/t47-,48+,53+/m0/s1. The number of rotatable bonds is 43. The van der Waals surface area contributed by atoms with Crippen molar-refractivity contribution in [1.29, 1.82) is 0 Å². The molecule has 2 heterocycles. The lowest BCUT2D eigenvalue weighted by Gasteiger charge is -2.36. The number of likely N-dealkylation sites (tertiary alicyclic amines) is 1. The maximum atomic E-state index is 13.5. The highest BCUT2D eigenvalue weighted by Gasteiger charge is 2.42. The molecule has 0 aliphatic carbocycles. The Hall–Kier alpha value is -2.81. The van der Waals surface area contributed by atoms with Gasteiger partial charge < -0.3 is 42.8 Å². The van der Waals surface area contributed by atoms with Crippen molar-refractivity contribution in [3.8, 4) is 0 Å². The monoisotopic (exact) mass is 982 g/mol. The minimum absolute atomic E-state index is 0.00459. The first kappa shape index (κ1) is 62.3. The highest BCUT2D eigenvalue weighted by molar-refractivity contribution is 5.76. The molecule has 2 aliphatic rings. The van der Waals surface area contributed by atoms with Crippen LogP contribution in [0.1, 0.15) is 214 Å². The van der Waals surface area contributed by atoms with E-state index >= 15 is 0 Å². The smallest absolute Gasteiger partial charge is 0.311 e. The van der Waals surface area contributed by atoms with Gasteiger partial charge in [-0.3, -0.25) is 24.0 Å². The Morgan fingerprint density at radius 2 is 0.884 bits per heavy atom. The molecular formula is C55H99NO13. The summed E-state index contributed by atoms with van der Waals surface area (Å²) in [6, 6.07) is 0. The Morgan fingerprint density at radius 1 is 0.522 bits per heavy atom. The fourth-order valence-corrected chi connectivity index (χ4v) is 8.61. The van der Waals surface area contributed by atoms with Gasteiger partial charge in [-0.25, -0.2) is 0 Å². The third kappa shape index (κ3) is 30.0. The number of piperidine rings is 1. The first-order valence-corrected chi connectivity index (χ1v) is 27.8. The van der Waals surface area contributed by atoms with Gasteiger partial charge in [0.1, 0.15) is 24.9 Å². The molecule has 0 aromatic carbocycles. The Bertz CT molecular complexity index is 1290. The normalized spacial score (nSPS) is 18.1. The predicted octanol–water partition coefficient (Wildman–Crippen LogP) is 11.1. The van der Waals surface area contributed by atoms with Crippen LogP contribution in [0, 0.1) is 17.3 Å². The molecule has 0 N–H and O–H groups in total. The van der Waals surface area contributed by atoms with E-state index in [1.165, 1.54) is 0 Å². The van der Waals surface area contributed by atoms with Crippen molar-refractivity contribution in [2.24, 2.45) is 17.3 Å². The Balaban J connectivity index is 2.14. The molecule has 3 atom stereocenters. The van der Waals surface area contributed by atoms with Crippen molar-refractivity contribution < 1.29 is 61.9 Å². The molecule has 2 saturated heterocycles. The number of unbranched alkanes of at least 4 members (excludes halogenated alkanes) is 16. The van der Waals surface area contributed by atoms with Gasteiger partial charge >= 0.3 is 29.8 Å². The summed E-state index contributed by atoms with van der Waals surface area (Å²) in [6.07, 6.45) is 22.5. The van der Waals surface area contributed by atoms with Crippen molar-refractivity contribution in [3.63, 3.8) is 0 Å². The van der Waals surface area contributed by atoms with Crippen molar-refractivity contribution in [1.82, 2.24) is 4.90 Å². The number of carbonyl (C=O) groups is 5. The van der Waals surface area contributed by atoms with Crippen molar-refractivity contribution in [2.45, 2.75) is 233 Å². The van der Waals surface area contributed by atoms with Crippen molar-refractivity contribution in [3.05, 3.63) is 0 Å². The highest BCUT2D eigenvalue weighted by Crippen LogP contribution is 2.33. The first-order valence-electron chi connectivity index (χ1n) is 27.8. The zero-order valence-corrected chi connectivity index (χ0v) is 44.5. The summed E-state index contributed by atoms with van der Waals surface area (Å²) in [5.74, 6) is -1.84. The number of esters is 5. The molecule has 0 aromatic rings. The summed E-state index contributed by atoms with van der Waals surface area (Å²) < 4.78 is 48.1. The van der Waals surface area contributed by atoms with E-state index in [1.54, 1.807) is 0 Å². The van der Waals surface area contributed by atoms with Gasteiger partial charge in [-0.15, -0.1) is 0 Å². The van der Waals surface area contributed by atoms with Crippen LogP contribution in [0.3, 0.4) is 0 Å². The molecule has 2 aliphatic heterocycles. The fourth-order valence-electron chi connectivity index (χ4n) is 8.61. The summed E-state index contributed by atoms with van der Waals surface area (Å²) in [5, 5.41) is 0. The van der Waals surface area contributed by atoms with E-state index in [-0.39, 0.29) is 94.5 Å². The van der Waals surface area contributed by atoms with Gasteiger partial charge in [0, 0.05) is 50.7 Å². The van der Waals surface area contributed by atoms with Crippen LogP contribution in [0.25, 0.3) is 0 Å². The molecule has 0 aromatic heterocycles. The predicted molar refractivity (Wildman–Crippen MR) is 269 cm³/mol. The molecule has 0 radical (unpaired) electrons. The van der Waals surface area contributed by atoms with E-state index in [2.05, 4.69) is 39.6 Å². The lowest BCUT2D eigenvalue weighted by atomic mass is 9.80. The summed E-state index contributed by atoms with van der Waals surface area (Å²) in [5.41, 5.74) is -0.587. The van der Waals surface area contributed by atoms with Crippen LogP contribution in [0.15, 0.2) is 0 Å². The average molecular weight is 982 g/mol. The lowest BCUT2D eigenvalue weighted by Crippen LogP contribution is -2.44. The van der Waals surface area contributed by atoms with Crippen LogP contribution < -0.4 is 0 Å². The van der Waals surface area contributed by atoms with E-state index in [0.717, 1.165) is 142 Å². The molecule has 0 spiro atoms. The molecule has 402 valence electrons. The van der Waals surface area contributed by atoms with Crippen LogP contribution >= 0.6 is 0 Å². The first-order chi connectivity index (χ1) is 33.4. The maximum absolute atomic E-state index is 13.5. The third-order valence-corrected chi connectivity index (χ3v) is 13.7. The number of nitrogens with zero attached hydrogens (tertiary/aromatic N) is 1. The molecule has 14 nitrogen and oxygen atoms in total. The van der Waals surface area contributed by atoms with E-state index in [1.807, 2.05) is 6.92 Å². The van der Waals surface area contributed by atoms with Gasteiger partial charge in [-0.1, -0.05) is 130 Å². The number of carbonyl (C=O) groups excluding carboxylic acids is 5. The molecule has 0 bridgehead atoms. The zero-order chi connectivity index (χ0) is 50.4. The Morgan fingerprint density at radius 3 is 1.26 bits per heavy atom. The maximum Gasteiger partial charge on any atom is 0.311 e. The van der Waals surface area contributed by atoms with Gasteiger partial charge in [0.2, 0.25) is 0 Å². The summed E-state index contributed by atoms with van der Waals surface area (Å²) in [4.78, 5) is 66.6. The van der Waals surface area contributed by atoms with Gasteiger partial charge in [0.15, 0.2) is 0 Å². The van der Waals surface area contributed by atoms with E-state index in [0.29, 0.717) is 51.4 Å². The largest absolute Gasteiger partial charge is 0.465 e. The molecule has 0 amide bonds. The van der Waals surface area contributed by atoms with Gasteiger partial charge in [-0.2, -0.15) is 0 Å². The van der Waals surface area contributed by atoms with E-state index in [4.69, 9.17) is 37.9 Å². The zero-order valence-electron chi connectivity index (χ0n) is 44.5. The summed E-state index contributed by atoms with van der Waals surface area (Å²) in [7, 11) is 2.05. The average Bonchev–Trinajstić information content (AvgIpc) is 3.73. The number of hydrogen-bond acceptors (Lipinski definition) is 14. The molecule has 69 heavy (non-hydrogen) atoms. The summed E-state index contributed by atoms with van der Waals surface area (Å²) >= 11 is 0. The SMILES string of the molecule is CCCCCCCC(=O)OCC(CCO[C@@H]1[C@@H](OCCC(COC(=O)CCCCCCC)COC(=O)CCCCCCC)CO[C@@H]1COC(=O)C1(C)CCN(C)CC1)COC(=O)CCCCCCC. The van der Waals surface area contributed by atoms with Gasteiger partial charge in [0.25, 0.3) is 0 Å². The third-order valence-electron chi connectivity index (χ3n) is 13.7. The van der Waals surface area contributed by atoms with Crippen LogP contribution in [0.4, 0.5) is 0 Å². The Labute approximate surface area is 418 Å². The van der Waals surface area contributed by atoms with Gasteiger partial charge in [0.05, 0.1) is 38.4 Å². The fraction of sp³-hybridized carbons (Fsp3) is 0.909. The molecular weight excluding hydrogens is 883 g/mol. The number of hydrogen-bond donors (Lipinski definition) is 0. The van der Waals surface area contributed by atoms with Crippen molar-refractivity contribution >= 4 is 29.8 Å². The van der Waals surface area contributed by atoms with Crippen LogP contribution in [0.2, 0.25) is 0 Å². The molecule has 2 rings (SSSR count). The van der Waals surface area contributed by atoms with Crippen LogP contribution in [-0.4, -0.2) is 126 Å². The van der Waals surface area contributed by atoms with E-state index in [9.17, 15) is 24.0 Å². The van der Waals surface area contributed by atoms with Crippen LogP contribution in [0.5, 0.6) is 0 Å². The lowest BCUT2D eigenvalue weighted by molar-refractivity contribution is -0.164. The molecule has 2 fully saturated rings. The Kier molecular flexibility index (Phi) is 35.9. The second kappa shape index (κ2) is 39.8. The highest BCUT2D eigenvalue weighted by atomic mass is 16.6. The molecule has 0 saturated carbocycles. The van der Waals surface area contributed by atoms with Crippen molar-refractivity contribution in [2.75, 3.05) is 73.0 Å². The van der Waals surface area contributed by atoms with Gasteiger partial charge in [-0.05, 0) is 78.4 Å². The second-order valence-corrected chi connectivity index (χ2v) is 20.3. The second-order valence-electron chi connectivity index (χ2n) is 20.3. The summed E-state index contributed by atoms with van der Waals surface area (Å²) in [6.45, 7) is 13.3. The van der Waals surface area contributed by atoms with E-state index < -0.39 is 23.7 Å². The topological polar surface area (TPSA) is 162 Å². The van der Waals surface area contributed by atoms with Crippen LogP contribution in [-0.2, 0) is 61.9 Å². The number of ether oxygens (including phenoxy) is 8. The quantitative estimate of drug-likeness (QED) is 0.0322. The molecule has 14 heteroatoms. The minimum atomic E-state index is -0.602.